The molecule has 1 aliphatic carbocycles. The monoisotopic (exact) mass is 378 g/mol. The van der Waals surface area contributed by atoms with Crippen molar-refractivity contribution in [3.63, 3.8) is 0 Å². The highest BCUT2D eigenvalue weighted by atomic mass is 32.1. The zero-order valence-electron chi connectivity index (χ0n) is 15.4. The number of hydrogen-bond donors (Lipinski definition) is 0. The highest BCUT2D eigenvalue weighted by Gasteiger charge is 2.31. The van der Waals surface area contributed by atoms with Crippen LogP contribution in [0.2, 0.25) is 0 Å². The topological polar surface area (TPSA) is 42.4 Å². The first kappa shape index (κ1) is 17.7. The Labute approximate surface area is 163 Å². The molecule has 1 fully saturated rings. The lowest BCUT2D eigenvalue weighted by molar-refractivity contribution is -0.124. The number of thiazole rings is 1. The van der Waals surface area contributed by atoms with Crippen LogP contribution >= 0.6 is 11.3 Å². The van der Waals surface area contributed by atoms with Gasteiger partial charge in [0.2, 0.25) is 5.91 Å². The number of methoxy groups -OCH3 is 1. The molecule has 138 valence electrons. The van der Waals surface area contributed by atoms with E-state index < -0.39 is 0 Å². The fourth-order valence-electron chi connectivity index (χ4n) is 3.45. The predicted molar refractivity (Wildman–Crippen MR) is 111 cm³/mol. The van der Waals surface area contributed by atoms with Crippen LogP contribution < -0.4 is 9.64 Å². The fraction of sp³-hybridized carbons (Fsp3) is 0.273. The zero-order valence-corrected chi connectivity index (χ0v) is 16.2. The molecule has 1 saturated carbocycles. The Morgan fingerprint density at radius 2 is 2.07 bits per heavy atom. The summed E-state index contributed by atoms with van der Waals surface area (Å²) < 4.78 is 5.49. The van der Waals surface area contributed by atoms with E-state index in [9.17, 15) is 4.79 Å². The molecule has 0 N–H and O–H groups in total. The first-order valence-corrected chi connectivity index (χ1v) is 10.0. The van der Waals surface area contributed by atoms with Gasteiger partial charge in [0.1, 0.15) is 5.75 Å². The average molecular weight is 378 g/mol. The molecule has 0 spiro atoms. The number of nitrogens with zero attached hydrogens (tertiary/aromatic N) is 2. The van der Waals surface area contributed by atoms with Crippen molar-refractivity contribution >= 4 is 33.1 Å². The third-order valence-corrected chi connectivity index (χ3v) is 6.00. The standard InChI is InChI=1S/C22H22N2O2S/c1-3-13-24(21(25)15-7-6-8-15)22-23-19(14-27-22)17-11-12-20(26-2)18-10-5-4-9-16(17)18/h3-5,9-12,14-15H,1,6-8,13H2,2H3. The van der Waals surface area contributed by atoms with Crippen LogP contribution in [0.4, 0.5) is 5.13 Å². The van der Waals surface area contributed by atoms with Crippen LogP contribution in [0, 0.1) is 5.92 Å². The van der Waals surface area contributed by atoms with Gasteiger partial charge in [0.05, 0.1) is 12.8 Å². The summed E-state index contributed by atoms with van der Waals surface area (Å²) in [5.41, 5.74) is 1.92. The van der Waals surface area contributed by atoms with E-state index in [1.807, 2.05) is 29.6 Å². The molecule has 1 heterocycles. The molecule has 5 heteroatoms. The van der Waals surface area contributed by atoms with Gasteiger partial charge in [-0.2, -0.15) is 0 Å². The van der Waals surface area contributed by atoms with Crippen LogP contribution in [0.1, 0.15) is 19.3 Å². The molecule has 3 aromatic rings. The average Bonchev–Trinajstić information content (AvgIpc) is 3.13. The van der Waals surface area contributed by atoms with Gasteiger partial charge in [0, 0.05) is 28.8 Å². The molecule has 1 aromatic heterocycles. The minimum atomic E-state index is 0.138. The maximum Gasteiger partial charge on any atom is 0.232 e. The Balaban J connectivity index is 1.72. The molecule has 4 nitrogen and oxygen atoms in total. The second-order valence-corrected chi connectivity index (χ2v) is 7.58. The lowest BCUT2D eigenvalue weighted by Crippen LogP contribution is -2.39. The normalized spacial score (nSPS) is 14.0. The molecule has 1 aliphatic rings. The van der Waals surface area contributed by atoms with Crippen molar-refractivity contribution in [3.05, 3.63) is 54.4 Å². The van der Waals surface area contributed by atoms with Gasteiger partial charge >= 0.3 is 0 Å². The van der Waals surface area contributed by atoms with E-state index in [1.54, 1.807) is 18.1 Å². The van der Waals surface area contributed by atoms with Crippen LogP contribution in [0.5, 0.6) is 5.75 Å². The third kappa shape index (κ3) is 3.23. The van der Waals surface area contributed by atoms with Gasteiger partial charge in [-0.25, -0.2) is 4.98 Å². The van der Waals surface area contributed by atoms with Crippen LogP contribution in [0.15, 0.2) is 54.4 Å². The number of aromatic nitrogens is 1. The van der Waals surface area contributed by atoms with Gasteiger partial charge in [-0.1, -0.05) is 36.8 Å². The van der Waals surface area contributed by atoms with Crippen LogP contribution in [-0.4, -0.2) is 24.5 Å². The smallest absolute Gasteiger partial charge is 0.232 e. The molecule has 0 unspecified atom stereocenters. The number of ether oxygens (including phenoxy) is 1. The van der Waals surface area contributed by atoms with Crippen molar-refractivity contribution < 1.29 is 9.53 Å². The molecular weight excluding hydrogens is 356 g/mol. The molecule has 0 saturated heterocycles. The Kier molecular flexibility index (Phi) is 4.94. The van der Waals surface area contributed by atoms with Crippen molar-refractivity contribution in [3.8, 4) is 17.0 Å². The van der Waals surface area contributed by atoms with Crippen LogP contribution in [0.25, 0.3) is 22.0 Å². The van der Waals surface area contributed by atoms with Crippen molar-refractivity contribution in [2.45, 2.75) is 19.3 Å². The quantitative estimate of drug-likeness (QED) is 0.547. The number of fused-ring (bicyclic) bond motifs is 1. The van der Waals surface area contributed by atoms with Crippen LogP contribution in [0.3, 0.4) is 0 Å². The summed E-state index contributed by atoms with van der Waals surface area (Å²) in [6.45, 7) is 4.30. The Bertz CT molecular complexity index is 991. The SMILES string of the molecule is C=CCN(C(=O)C1CCC1)c1nc(-c2ccc(OC)c3ccccc23)cs1. The number of carbonyl (C=O) groups excluding carboxylic acids is 1. The third-order valence-electron chi connectivity index (χ3n) is 5.14. The summed E-state index contributed by atoms with van der Waals surface area (Å²) in [5, 5.41) is 4.91. The second kappa shape index (κ2) is 7.53. The van der Waals surface area contributed by atoms with Gasteiger partial charge in [0.25, 0.3) is 0 Å². The van der Waals surface area contributed by atoms with Crippen molar-refractivity contribution in [1.29, 1.82) is 0 Å². The van der Waals surface area contributed by atoms with Gasteiger partial charge in [-0.3, -0.25) is 9.69 Å². The summed E-state index contributed by atoms with van der Waals surface area (Å²) in [7, 11) is 1.68. The van der Waals surface area contributed by atoms with Crippen LogP contribution in [-0.2, 0) is 4.79 Å². The maximum atomic E-state index is 12.8. The summed E-state index contributed by atoms with van der Waals surface area (Å²) >= 11 is 1.51. The lowest BCUT2D eigenvalue weighted by atomic mass is 9.84. The van der Waals surface area contributed by atoms with Crippen molar-refractivity contribution in [1.82, 2.24) is 4.98 Å². The zero-order chi connectivity index (χ0) is 18.8. The largest absolute Gasteiger partial charge is 0.496 e. The molecule has 0 atom stereocenters. The molecule has 27 heavy (non-hydrogen) atoms. The number of carbonyl (C=O) groups is 1. The Morgan fingerprint density at radius 3 is 2.74 bits per heavy atom. The minimum absolute atomic E-state index is 0.138. The van der Waals surface area contributed by atoms with E-state index in [2.05, 4.69) is 18.7 Å². The summed E-state index contributed by atoms with van der Waals surface area (Å²) in [6.07, 6.45) is 4.86. The van der Waals surface area contributed by atoms with E-state index in [-0.39, 0.29) is 11.8 Å². The van der Waals surface area contributed by atoms with E-state index >= 15 is 0 Å². The molecule has 0 radical (unpaired) electrons. The summed E-state index contributed by atoms with van der Waals surface area (Å²) in [5.74, 6) is 1.15. The first-order chi connectivity index (χ1) is 13.2. The first-order valence-electron chi connectivity index (χ1n) is 9.17. The molecule has 1 amide bonds. The van der Waals surface area contributed by atoms with E-state index in [1.165, 1.54) is 11.3 Å². The maximum absolute atomic E-state index is 12.8. The van der Waals surface area contributed by atoms with Gasteiger partial charge in [-0.05, 0) is 30.4 Å². The highest BCUT2D eigenvalue weighted by Crippen LogP contribution is 2.37. The van der Waals surface area contributed by atoms with Gasteiger partial charge in [0.15, 0.2) is 5.13 Å². The number of benzene rings is 2. The molecule has 2 aromatic carbocycles. The summed E-state index contributed by atoms with van der Waals surface area (Å²) in [4.78, 5) is 19.4. The number of amides is 1. The van der Waals surface area contributed by atoms with E-state index in [4.69, 9.17) is 9.72 Å². The van der Waals surface area contributed by atoms with Crippen molar-refractivity contribution in [2.75, 3.05) is 18.6 Å². The molecule has 4 rings (SSSR count). The van der Waals surface area contributed by atoms with Crippen molar-refractivity contribution in [2.24, 2.45) is 5.92 Å². The van der Waals surface area contributed by atoms with E-state index in [0.717, 1.165) is 52.2 Å². The molecule has 0 bridgehead atoms. The predicted octanol–water partition coefficient (Wildman–Crippen LogP) is 5.29. The Morgan fingerprint density at radius 1 is 1.30 bits per heavy atom. The fourth-order valence-corrected chi connectivity index (χ4v) is 4.29. The molecule has 0 aliphatic heterocycles. The highest BCUT2D eigenvalue weighted by molar-refractivity contribution is 7.14. The second-order valence-electron chi connectivity index (χ2n) is 6.74. The lowest BCUT2D eigenvalue weighted by Gasteiger charge is -2.29. The van der Waals surface area contributed by atoms with Gasteiger partial charge in [-0.15, -0.1) is 17.9 Å². The van der Waals surface area contributed by atoms with Gasteiger partial charge < -0.3 is 4.74 Å². The minimum Gasteiger partial charge on any atom is -0.496 e. The number of hydrogen-bond acceptors (Lipinski definition) is 4. The Hall–Kier alpha value is -2.66. The number of anilines is 1. The number of rotatable bonds is 6. The summed E-state index contributed by atoms with van der Waals surface area (Å²) in [6, 6.07) is 12.2. The molecular formula is C22H22N2O2S. The van der Waals surface area contributed by atoms with E-state index in [0.29, 0.717) is 6.54 Å².